The van der Waals surface area contributed by atoms with Crippen LogP contribution < -0.4 is 5.46 Å². The summed E-state index contributed by atoms with van der Waals surface area (Å²) >= 11 is 0. The van der Waals surface area contributed by atoms with Crippen LogP contribution in [-0.4, -0.2) is 19.4 Å². The Kier molecular flexibility index (Phi) is 2.02. The van der Waals surface area contributed by atoms with Crippen LogP contribution in [0.1, 0.15) is 20.7 Å². The fourth-order valence-electron chi connectivity index (χ4n) is 2.24. The highest BCUT2D eigenvalue weighted by atomic mass is 16.2. The lowest BCUT2D eigenvalue weighted by Crippen LogP contribution is -2.22. The van der Waals surface area contributed by atoms with Gasteiger partial charge in [0.05, 0.1) is 0 Å². The Morgan fingerprint density at radius 3 is 2.06 bits per heavy atom. The first-order valence-electron chi connectivity index (χ1n) is 5.47. The van der Waals surface area contributed by atoms with Gasteiger partial charge in [0.2, 0.25) is 11.6 Å². The fourth-order valence-corrected chi connectivity index (χ4v) is 2.24. The Labute approximate surface area is 99.7 Å². The third-order valence-corrected chi connectivity index (χ3v) is 3.09. The van der Waals surface area contributed by atoms with E-state index in [4.69, 9.17) is 0 Å². The summed E-state index contributed by atoms with van der Waals surface area (Å²) in [7, 11) is 1.92. The molecule has 0 bridgehead atoms. The van der Waals surface area contributed by atoms with Gasteiger partial charge < -0.3 is 0 Å². The number of carbonyl (C=O) groups is 2. The number of hydrogen-bond donors (Lipinski definition) is 0. The van der Waals surface area contributed by atoms with Gasteiger partial charge in [0, 0.05) is 11.1 Å². The van der Waals surface area contributed by atoms with Crippen LogP contribution in [0.3, 0.4) is 0 Å². The quantitative estimate of drug-likeness (QED) is 0.490. The minimum atomic E-state index is -0.404. The molecule has 0 saturated heterocycles. The first kappa shape index (κ1) is 10.0. The number of carbonyl (C=O) groups excluding carboxylic acids is 2. The number of fused-ring (bicyclic) bond motifs is 3. The average molecular weight is 220 g/mol. The van der Waals surface area contributed by atoms with Gasteiger partial charge in [-0.1, -0.05) is 47.9 Å². The summed E-state index contributed by atoms with van der Waals surface area (Å²) in [5.74, 6) is -0.805. The smallest absolute Gasteiger partial charge is 0.234 e. The van der Waals surface area contributed by atoms with Crippen molar-refractivity contribution in [1.82, 2.24) is 0 Å². The highest BCUT2D eigenvalue weighted by molar-refractivity contribution is 6.53. The summed E-state index contributed by atoms with van der Waals surface area (Å²) in [5, 5.41) is 0. The fraction of sp³-hybridized carbons (Fsp3) is 0. The molecule has 17 heavy (non-hydrogen) atoms. The van der Waals surface area contributed by atoms with Crippen LogP contribution in [0.2, 0.25) is 0 Å². The maximum atomic E-state index is 12.0. The predicted molar refractivity (Wildman–Crippen MR) is 68.7 cm³/mol. The number of hydrogen-bond acceptors (Lipinski definition) is 2. The lowest BCUT2D eigenvalue weighted by Gasteiger charge is -2.17. The first-order valence-corrected chi connectivity index (χ1v) is 5.47. The number of Topliss-reactive ketones (excluding diaryl/α,β-unsaturated/α-hetero) is 2. The van der Waals surface area contributed by atoms with E-state index >= 15 is 0 Å². The largest absolute Gasteiger partial charge is 0.285 e. The zero-order valence-electron chi connectivity index (χ0n) is 9.36. The van der Waals surface area contributed by atoms with Crippen LogP contribution in [0, 0.1) is 0 Å². The van der Waals surface area contributed by atoms with E-state index < -0.39 is 11.6 Å². The van der Waals surface area contributed by atoms with Crippen molar-refractivity contribution in [1.29, 1.82) is 0 Å². The molecular weight excluding hydrogens is 211 g/mol. The van der Waals surface area contributed by atoms with Crippen molar-refractivity contribution in [3.8, 4) is 11.1 Å². The maximum absolute atomic E-state index is 12.0. The van der Waals surface area contributed by atoms with E-state index in [9.17, 15) is 9.59 Å². The lowest BCUT2D eigenvalue weighted by molar-refractivity contribution is 0.0815. The van der Waals surface area contributed by atoms with E-state index in [0.29, 0.717) is 11.1 Å². The summed E-state index contributed by atoms with van der Waals surface area (Å²) in [6.07, 6.45) is 0. The van der Waals surface area contributed by atoms with Crippen molar-refractivity contribution in [3.05, 3.63) is 53.6 Å². The second-order valence-corrected chi connectivity index (χ2v) is 4.25. The van der Waals surface area contributed by atoms with E-state index in [-0.39, 0.29) is 0 Å². The van der Waals surface area contributed by atoms with Crippen molar-refractivity contribution in [2.75, 3.05) is 0 Å². The zero-order valence-corrected chi connectivity index (χ0v) is 9.36. The van der Waals surface area contributed by atoms with E-state index in [1.54, 1.807) is 18.2 Å². The Bertz CT molecular complexity index is 659. The summed E-state index contributed by atoms with van der Waals surface area (Å²) in [5.41, 5.74) is 3.73. The Balaban J connectivity index is 2.40. The van der Waals surface area contributed by atoms with Gasteiger partial charge in [0.15, 0.2) is 0 Å². The molecule has 0 aliphatic heterocycles. The molecule has 3 rings (SSSR count). The Morgan fingerprint density at radius 1 is 0.706 bits per heavy atom. The van der Waals surface area contributed by atoms with Crippen LogP contribution in [0.15, 0.2) is 42.5 Å². The maximum Gasteiger partial charge on any atom is 0.234 e. The van der Waals surface area contributed by atoms with Crippen LogP contribution in [0.5, 0.6) is 0 Å². The van der Waals surface area contributed by atoms with Crippen LogP contribution >= 0.6 is 0 Å². The Hall–Kier alpha value is -2.16. The van der Waals surface area contributed by atoms with Gasteiger partial charge in [-0.15, -0.1) is 0 Å². The van der Waals surface area contributed by atoms with Crippen molar-refractivity contribution in [2.45, 2.75) is 0 Å². The molecule has 3 heteroatoms. The molecule has 0 N–H and O–H groups in total. The highest BCUT2D eigenvalue weighted by Gasteiger charge is 2.29. The van der Waals surface area contributed by atoms with Gasteiger partial charge >= 0.3 is 0 Å². The summed E-state index contributed by atoms with van der Waals surface area (Å²) in [4.78, 5) is 23.9. The van der Waals surface area contributed by atoms with E-state index in [1.165, 1.54) is 0 Å². The van der Waals surface area contributed by atoms with Crippen molar-refractivity contribution in [3.63, 3.8) is 0 Å². The summed E-state index contributed by atoms with van der Waals surface area (Å²) in [6.45, 7) is 0. The van der Waals surface area contributed by atoms with Gasteiger partial charge in [-0.3, -0.25) is 9.59 Å². The van der Waals surface area contributed by atoms with Crippen LogP contribution in [0.25, 0.3) is 11.1 Å². The molecule has 0 unspecified atom stereocenters. The Morgan fingerprint density at radius 2 is 1.29 bits per heavy atom. The standard InChI is InChI=1S/C14H9BO2/c15-8-5-6-10-9-3-1-2-4-11(9)13(16)14(17)12(10)7-8/h1-7H,15H2. The van der Waals surface area contributed by atoms with E-state index in [2.05, 4.69) is 0 Å². The van der Waals surface area contributed by atoms with Gasteiger partial charge in [-0.2, -0.15) is 0 Å². The predicted octanol–water partition coefficient (Wildman–Crippen LogP) is 0.991. The average Bonchev–Trinajstić information content (AvgIpc) is 2.36. The van der Waals surface area contributed by atoms with Gasteiger partial charge in [0.25, 0.3) is 0 Å². The number of rotatable bonds is 0. The second kappa shape index (κ2) is 3.42. The molecule has 2 aromatic carbocycles. The second-order valence-electron chi connectivity index (χ2n) is 4.25. The van der Waals surface area contributed by atoms with E-state index in [1.807, 2.05) is 32.1 Å². The van der Waals surface area contributed by atoms with Gasteiger partial charge in [-0.25, -0.2) is 0 Å². The number of benzene rings is 2. The molecule has 0 saturated carbocycles. The molecule has 2 nitrogen and oxygen atoms in total. The normalized spacial score (nSPS) is 13.2. The molecule has 0 atom stereocenters. The monoisotopic (exact) mass is 220 g/mol. The number of ketones is 2. The molecule has 2 aromatic rings. The van der Waals surface area contributed by atoms with Crippen LogP contribution in [0.4, 0.5) is 0 Å². The summed E-state index contributed by atoms with van der Waals surface area (Å²) in [6, 6.07) is 12.9. The molecule has 0 spiro atoms. The minimum Gasteiger partial charge on any atom is -0.285 e. The first-order chi connectivity index (χ1) is 8.18. The molecule has 0 aromatic heterocycles. The molecule has 80 valence electrons. The summed E-state index contributed by atoms with van der Waals surface area (Å²) < 4.78 is 0. The highest BCUT2D eigenvalue weighted by Crippen LogP contribution is 2.32. The minimum absolute atomic E-state index is 0.401. The molecule has 0 heterocycles. The molecule has 0 radical (unpaired) electrons. The molecular formula is C14H9BO2. The van der Waals surface area contributed by atoms with Gasteiger partial charge in [-0.05, 0) is 11.1 Å². The zero-order chi connectivity index (χ0) is 12.0. The van der Waals surface area contributed by atoms with Crippen molar-refractivity contribution < 1.29 is 9.59 Å². The lowest BCUT2D eigenvalue weighted by atomic mass is 9.81. The molecule has 1 aliphatic carbocycles. The van der Waals surface area contributed by atoms with E-state index in [0.717, 1.165) is 16.6 Å². The molecule has 0 amide bonds. The topological polar surface area (TPSA) is 34.1 Å². The van der Waals surface area contributed by atoms with Crippen molar-refractivity contribution >= 4 is 24.9 Å². The van der Waals surface area contributed by atoms with Crippen molar-refractivity contribution in [2.24, 2.45) is 0 Å². The third-order valence-electron chi connectivity index (χ3n) is 3.09. The van der Waals surface area contributed by atoms with Crippen LogP contribution in [-0.2, 0) is 0 Å². The SMILES string of the molecule is Bc1ccc2c(c1)C(=O)C(=O)c1ccccc1-2. The third kappa shape index (κ3) is 1.36. The molecule has 0 fully saturated rings. The van der Waals surface area contributed by atoms with Gasteiger partial charge in [0.1, 0.15) is 7.85 Å². The molecule has 1 aliphatic rings.